The Bertz CT molecular complexity index is 1310. The molecule has 1 fully saturated rings. The molecule has 1 amide bonds. The van der Waals surface area contributed by atoms with Gasteiger partial charge in [0.2, 0.25) is 5.76 Å². The van der Waals surface area contributed by atoms with Crippen molar-refractivity contribution in [3.05, 3.63) is 74.1 Å². The molecule has 2 aliphatic rings. The second-order valence-electron chi connectivity index (χ2n) is 9.05. The van der Waals surface area contributed by atoms with Crippen LogP contribution in [0.2, 0.25) is 5.02 Å². The van der Waals surface area contributed by atoms with E-state index in [4.69, 9.17) is 25.5 Å². The lowest BCUT2D eigenvalue weighted by Crippen LogP contribution is -2.42. The summed E-state index contributed by atoms with van der Waals surface area (Å²) in [6.45, 7) is 8.63. The van der Waals surface area contributed by atoms with E-state index in [1.165, 1.54) is 0 Å². The molecule has 0 radical (unpaired) electrons. The molecular formula is C27H29ClN2O5. The van der Waals surface area contributed by atoms with Crippen molar-refractivity contribution in [2.24, 2.45) is 0 Å². The molecule has 0 aliphatic carbocycles. The van der Waals surface area contributed by atoms with Crippen molar-refractivity contribution in [2.45, 2.75) is 26.3 Å². The predicted octanol–water partition coefficient (Wildman–Crippen LogP) is 4.42. The fourth-order valence-corrected chi connectivity index (χ4v) is 4.95. The number of hydrogen-bond donors (Lipinski definition) is 0. The fourth-order valence-electron chi connectivity index (χ4n) is 4.79. The van der Waals surface area contributed by atoms with Crippen LogP contribution in [0, 0.1) is 6.92 Å². The third-order valence-electron chi connectivity index (χ3n) is 6.65. The van der Waals surface area contributed by atoms with E-state index in [1.807, 2.05) is 38.1 Å². The van der Waals surface area contributed by atoms with Gasteiger partial charge in [0, 0.05) is 31.2 Å². The SMILES string of the molecule is CCCOc1cccc(C2c3c(oc4cc(C)c(Cl)cc4c3=O)C(=O)N2CCN2CCOCC2)c1. The maximum absolute atomic E-state index is 13.8. The highest BCUT2D eigenvalue weighted by molar-refractivity contribution is 6.32. The first-order valence-electron chi connectivity index (χ1n) is 12.1. The molecule has 1 atom stereocenters. The van der Waals surface area contributed by atoms with E-state index in [1.54, 1.807) is 17.0 Å². The number of carbonyl (C=O) groups excluding carboxylic acids is 1. The Morgan fingerprint density at radius 2 is 1.91 bits per heavy atom. The van der Waals surface area contributed by atoms with Gasteiger partial charge in [0.05, 0.1) is 36.8 Å². The Morgan fingerprint density at radius 3 is 2.69 bits per heavy atom. The van der Waals surface area contributed by atoms with Gasteiger partial charge in [-0.1, -0.05) is 30.7 Å². The van der Waals surface area contributed by atoms with E-state index in [-0.39, 0.29) is 17.1 Å². The van der Waals surface area contributed by atoms with Crippen LogP contribution < -0.4 is 10.2 Å². The van der Waals surface area contributed by atoms with Crippen LogP contribution in [-0.2, 0) is 4.74 Å². The van der Waals surface area contributed by atoms with Crippen LogP contribution in [0.15, 0.2) is 45.6 Å². The number of halogens is 1. The monoisotopic (exact) mass is 496 g/mol. The molecule has 3 heterocycles. The minimum Gasteiger partial charge on any atom is -0.494 e. The molecule has 0 spiro atoms. The Morgan fingerprint density at radius 1 is 1.11 bits per heavy atom. The second kappa shape index (κ2) is 10.0. The van der Waals surface area contributed by atoms with Gasteiger partial charge >= 0.3 is 0 Å². The van der Waals surface area contributed by atoms with Gasteiger partial charge in [-0.3, -0.25) is 14.5 Å². The average molecular weight is 497 g/mol. The molecule has 8 heteroatoms. The fraction of sp³-hybridized carbons (Fsp3) is 0.407. The standard InChI is InChI=1S/C27H29ClN2O5/c1-3-11-34-19-6-4-5-18(15-19)24-23-25(31)20-16-21(28)17(2)14-22(20)35-26(23)27(32)30(24)8-7-29-9-12-33-13-10-29/h4-6,14-16,24H,3,7-13H2,1-2H3. The number of fused-ring (bicyclic) bond motifs is 2. The summed E-state index contributed by atoms with van der Waals surface area (Å²) in [6.07, 6.45) is 0.885. The van der Waals surface area contributed by atoms with Crippen molar-refractivity contribution < 1.29 is 18.7 Å². The highest BCUT2D eigenvalue weighted by Gasteiger charge is 2.43. The third kappa shape index (κ3) is 4.56. The molecule has 0 bridgehead atoms. The predicted molar refractivity (Wildman–Crippen MR) is 135 cm³/mol. The summed E-state index contributed by atoms with van der Waals surface area (Å²) in [6, 6.07) is 10.4. The molecule has 3 aromatic rings. The summed E-state index contributed by atoms with van der Waals surface area (Å²) in [4.78, 5) is 31.4. The molecule has 35 heavy (non-hydrogen) atoms. The molecule has 2 aliphatic heterocycles. The molecule has 5 rings (SSSR count). The Labute approximate surface area is 209 Å². The molecule has 184 valence electrons. The third-order valence-corrected chi connectivity index (χ3v) is 7.06. The summed E-state index contributed by atoms with van der Waals surface area (Å²) in [5.41, 5.74) is 2.11. The number of carbonyl (C=O) groups is 1. The zero-order chi connectivity index (χ0) is 24.5. The molecule has 1 unspecified atom stereocenters. The van der Waals surface area contributed by atoms with E-state index in [0.29, 0.717) is 60.2 Å². The Kier molecular flexibility index (Phi) is 6.82. The van der Waals surface area contributed by atoms with Crippen molar-refractivity contribution in [3.8, 4) is 5.75 Å². The van der Waals surface area contributed by atoms with Crippen LogP contribution in [0.3, 0.4) is 0 Å². The van der Waals surface area contributed by atoms with Crippen molar-refractivity contribution in [1.82, 2.24) is 9.80 Å². The molecular weight excluding hydrogens is 468 g/mol. The summed E-state index contributed by atoms with van der Waals surface area (Å²) >= 11 is 6.34. The first-order valence-corrected chi connectivity index (χ1v) is 12.5. The topological polar surface area (TPSA) is 72.2 Å². The van der Waals surface area contributed by atoms with Crippen LogP contribution in [0.1, 0.15) is 46.6 Å². The number of hydrogen-bond acceptors (Lipinski definition) is 6. The normalized spacial score (nSPS) is 18.3. The molecule has 2 aromatic carbocycles. The van der Waals surface area contributed by atoms with Gasteiger partial charge < -0.3 is 18.8 Å². The Hall–Kier alpha value is -2.87. The van der Waals surface area contributed by atoms with Crippen molar-refractivity contribution in [2.75, 3.05) is 46.0 Å². The van der Waals surface area contributed by atoms with E-state index >= 15 is 0 Å². The van der Waals surface area contributed by atoms with Crippen LogP contribution in [-0.4, -0.2) is 61.7 Å². The van der Waals surface area contributed by atoms with E-state index in [2.05, 4.69) is 4.90 Å². The van der Waals surface area contributed by atoms with E-state index in [0.717, 1.165) is 30.6 Å². The lowest BCUT2D eigenvalue weighted by molar-refractivity contribution is 0.0314. The highest BCUT2D eigenvalue weighted by Crippen LogP contribution is 2.39. The molecule has 0 saturated carbocycles. The van der Waals surface area contributed by atoms with Gasteiger partial charge in [0.25, 0.3) is 5.91 Å². The van der Waals surface area contributed by atoms with Crippen molar-refractivity contribution in [3.63, 3.8) is 0 Å². The zero-order valence-electron chi connectivity index (χ0n) is 20.0. The zero-order valence-corrected chi connectivity index (χ0v) is 20.8. The van der Waals surface area contributed by atoms with Gasteiger partial charge in [-0.05, 0) is 48.7 Å². The first kappa shape index (κ1) is 23.9. The van der Waals surface area contributed by atoms with Crippen molar-refractivity contribution >= 4 is 28.5 Å². The Balaban J connectivity index is 1.60. The largest absolute Gasteiger partial charge is 0.494 e. The smallest absolute Gasteiger partial charge is 0.290 e. The van der Waals surface area contributed by atoms with Crippen LogP contribution in [0.25, 0.3) is 11.0 Å². The van der Waals surface area contributed by atoms with Gasteiger partial charge in [0.15, 0.2) is 5.43 Å². The maximum atomic E-state index is 13.8. The number of benzene rings is 2. The lowest BCUT2D eigenvalue weighted by Gasteiger charge is -2.31. The number of nitrogens with zero attached hydrogens (tertiary/aromatic N) is 2. The number of aryl methyl sites for hydroxylation is 1. The lowest BCUT2D eigenvalue weighted by atomic mass is 9.98. The minimum atomic E-state index is -0.565. The molecule has 1 aromatic heterocycles. The molecule has 1 saturated heterocycles. The van der Waals surface area contributed by atoms with Gasteiger partial charge in [0.1, 0.15) is 11.3 Å². The first-order chi connectivity index (χ1) is 17.0. The summed E-state index contributed by atoms with van der Waals surface area (Å²) in [7, 11) is 0. The van der Waals surface area contributed by atoms with Crippen molar-refractivity contribution in [1.29, 1.82) is 0 Å². The van der Waals surface area contributed by atoms with Gasteiger partial charge in [-0.15, -0.1) is 0 Å². The number of amides is 1. The van der Waals surface area contributed by atoms with E-state index < -0.39 is 6.04 Å². The number of ether oxygens (including phenoxy) is 2. The highest BCUT2D eigenvalue weighted by atomic mass is 35.5. The molecule has 7 nitrogen and oxygen atoms in total. The number of morpholine rings is 1. The van der Waals surface area contributed by atoms with Crippen LogP contribution in [0.4, 0.5) is 0 Å². The summed E-state index contributed by atoms with van der Waals surface area (Å²) < 4.78 is 17.4. The quantitative estimate of drug-likeness (QED) is 0.482. The average Bonchev–Trinajstić information content (AvgIpc) is 3.15. The van der Waals surface area contributed by atoms with Gasteiger partial charge in [-0.25, -0.2) is 0 Å². The van der Waals surface area contributed by atoms with Crippen LogP contribution in [0.5, 0.6) is 5.75 Å². The summed E-state index contributed by atoms with van der Waals surface area (Å²) in [5.74, 6) is 0.544. The van der Waals surface area contributed by atoms with Crippen LogP contribution >= 0.6 is 11.6 Å². The second-order valence-corrected chi connectivity index (χ2v) is 9.45. The maximum Gasteiger partial charge on any atom is 0.290 e. The minimum absolute atomic E-state index is 0.107. The van der Waals surface area contributed by atoms with E-state index in [9.17, 15) is 9.59 Å². The summed E-state index contributed by atoms with van der Waals surface area (Å²) in [5, 5.41) is 0.871. The molecule has 0 N–H and O–H groups in total. The van der Waals surface area contributed by atoms with Gasteiger partial charge in [-0.2, -0.15) is 0 Å². The number of rotatable bonds is 7.